The molecule has 0 spiro atoms. The second-order valence-electron chi connectivity index (χ2n) is 6.04. The molecule has 0 amide bonds. The van der Waals surface area contributed by atoms with Gasteiger partial charge in [-0.2, -0.15) is 0 Å². The van der Waals surface area contributed by atoms with Crippen LogP contribution in [0.4, 0.5) is 0 Å². The molecule has 148 valence electrons. The number of benzene rings is 2. The van der Waals surface area contributed by atoms with Crippen molar-refractivity contribution in [3.63, 3.8) is 0 Å². The van der Waals surface area contributed by atoms with Gasteiger partial charge < -0.3 is 20.1 Å². The zero-order valence-corrected chi connectivity index (χ0v) is 18.9. The van der Waals surface area contributed by atoms with Crippen molar-refractivity contribution in [3.05, 3.63) is 59.2 Å². The first-order valence-electron chi connectivity index (χ1n) is 8.95. The molecule has 6 heteroatoms. The fraction of sp³-hybridized carbons (Fsp3) is 0.381. The van der Waals surface area contributed by atoms with E-state index >= 15 is 0 Å². The van der Waals surface area contributed by atoms with Crippen molar-refractivity contribution in [2.45, 2.75) is 26.8 Å². The van der Waals surface area contributed by atoms with E-state index in [0.29, 0.717) is 6.54 Å². The van der Waals surface area contributed by atoms with Crippen molar-refractivity contribution in [2.75, 3.05) is 27.3 Å². The quantitative estimate of drug-likeness (QED) is 0.340. The first-order chi connectivity index (χ1) is 12.7. The average Bonchev–Trinajstić information content (AvgIpc) is 2.66. The largest absolute Gasteiger partial charge is 0.497 e. The van der Waals surface area contributed by atoms with Gasteiger partial charge in [0.05, 0.1) is 20.8 Å². The maximum Gasteiger partial charge on any atom is 0.191 e. The molecule has 0 unspecified atom stereocenters. The first-order valence-corrected chi connectivity index (χ1v) is 8.95. The minimum Gasteiger partial charge on any atom is -0.497 e. The first kappa shape index (κ1) is 23.1. The zero-order valence-electron chi connectivity index (χ0n) is 16.5. The summed E-state index contributed by atoms with van der Waals surface area (Å²) in [7, 11) is 3.38. The van der Waals surface area contributed by atoms with Crippen LogP contribution in [0.1, 0.15) is 23.6 Å². The van der Waals surface area contributed by atoms with Gasteiger partial charge in [0.15, 0.2) is 5.96 Å². The Bertz CT molecular complexity index is 735. The molecule has 0 atom stereocenters. The molecule has 0 bridgehead atoms. The molecule has 0 aliphatic heterocycles. The molecule has 27 heavy (non-hydrogen) atoms. The van der Waals surface area contributed by atoms with E-state index in [1.807, 2.05) is 18.2 Å². The van der Waals surface area contributed by atoms with Crippen molar-refractivity contribution >= 4 is 29.9 Å². The normalized spacial score (nSPS) is 10.7. The van der Waals surface area contributed by atoms with Gasteiger partial charge in [0.25, 0.3) is 0 Å². The van der Waals surface area contributed by atoms with Gasteiger partial charge in [-0.1, -0.05) is 24.3 Å². The molecule has 0 radical (unpaired) electrons. The van der Waals surface area contributed by atoms with Gasteiger partial charge >= 0.3 is 0 Å². The van der Waals surface area contributed by atoms with Crippen LogP contribution in [-0.2, 0) is 13.0 Å². The Morgan fingerprint density at radius 3 is 2.56 bits per heavy atom. The maximum atomic E-state index is 5.46. The molecule has 0 aromatic heterocycles. The van der Waals surface area contributed by atoms with Gasteiger partial charge in [-0.3, -0.25) is 0 Å². The van der Waals surface area contributed by atoms with Crippen molar-refractivity contribution in [2.24, 2.45) is 4.99 Å². The maximum absolute atomic E-state index is 5.46. The Kier molecular flexibility index (Phi) is 10.6. The summed E-state index contributed by atoms with van der Waals surface area (Å²) in [5, 5.41) is 6.67. The molecule has 0 saturated heterocycles. The SMILES string of the molecule is CCNC(=NCc1ccc(C)cc1OC)NCCc1cccc(OC)c1.I. The van der Waals surface area contributed by atoms with Gasteiger partial charge in [0.1, 0.15) is 11.5 Å². The fourth-order valence-electron chi connectivity index (χ4n) is 2.64. The summed E-state index contributed by atoms with van der Waals surface area (Å²) in [5.74, 6) is 2.56. The van der Waals surface area contributed by atoms with Crippen LogP contribution in [0.25, 0.3) is 0 Å². The fourth-order valence-corrected chi connectivity index (χ4v) is 2.64. The Balaban J connectivity index is 0.00000364. The van der Waals surface area contributed by atoms with Crippen molar-refractivity contribution in [1.82, 2.24) is 10.6 Å². The van der Waals surface area contributed by atoms with Crippen LogP contribution in [0.3, 0.4) is 0 Å². The second kappa shape index (κ2) is 12.4. The Hall–Kier alpha value is -1.96. The van der Waals surface area contributed by atoms with E-state index in [4.69, 9.17) is 9.47 Å². The highest BCUT2D eigenvalue weighted by molar-refractivity contribution is 14.0. The topological polar surface area (TPSA) is 54.9 Å². The lowest BCUT2D eigenvalue weighted by atomic mass is 10.1. The molecular formula is C21H30IN3O2. The molecule has 5 nitrogen and oxygen atoms in total. The number of hydrogen-bond donors (Lipinski definition) is 2. The van der Waals surface area contributed by atoms with Crippen LogP contribution in [0.5, 0.6) is 11.5 Å². The summed E-state index contributed by atoms with van der Waals surface area (Å²) in [6, 6.07) is 14.3. The summed E-state index contributed by atoms with van der Waals surface area (Å²) in [4.78, 5) is 4.68. The third kappa shape index (κ3) is 7.66. The number of guanidine groups is 1. The van der Waals surface area contributed by atoms with Gasteiger partial charge in [-0.05, 0) is 49.6 Å². The summed E-state index contributed by atoms with van der Waals surface area (Å²) < 4.78 is 10.7. The highest BCUT2D eigenvalue weighted by Gasteiger charge is 2.04. The minimum atomic E-state index is 0. The van der Waals surface area contributed by atoms with Gasteiger partial charge in [-0.15, -0.1) is 24.0 Å². The molecule has 2 rings (SSSR count). The summed E-state index contributed by atoms with van der Waals surface area (Å²) in [6.45, 7) is 6.30. The highest BCUT2D eigenvalue weighted by atomic mass is 127. The van der Waals surface area contributed by atoms with E-state index in [9.17, 15) is 0 Å². The number of hydrogen-bond acceptors (Lipinski definition) is 3. The molecule has 0 heterocycles. The Morgan fingerprint density at radius 2 is 1.85 bits per heavy atom. The van der Waals surface area contributed by atoms with Crippen LogP contribution in [0.2, 0.25) is 0 Å². The molecule has 2 N–H and O–H groups in total. The Morgan fingerprint density at radius 1 is 1.04 bits per heavy atom. The standard InChI is InChI=1S/C21H29N3O2.HI/c1-5-22-21(23-12-11-17-7-6-8-19(14-17)25-3)24-15-18-10-9-16(2)13-20(18)26-4;/h6-10,13-14H,5,11-12,15H2,1-4H3,(H2,22,23,24);1H. The number of aliphatic imine (C=N–C) groups is 1. The van der Waals surface area contributed by atoms with Crippen LogP contribution in [0.15, 0.2) is 47.5 Å². The second-order valence-corrected chi connectivity index (χ2v) is 6.04. The van der Waals surface area contributed by atoms with Crippen LogP contribution in [-0.4, -0.2) is 33.3 Å². The number of aryl methyl sites for hydroxylation is 1. The molecule has 0 fully saturated rings. The van der Waals surface area contributed by atoms with Gasteiger partial charge in [0.2, 0.25) is 0 Å². The van der Waals surface area contributed by atoms with Crippen molar-refractivity contribution < 1.29 is 9.47 Å². The van der Waals surface area contributed by atoms with Gasteiger partial charge in [0, 0.05) is 18.7 Å². The monoisotopic (exact) mass is 483 g/mol. The van der Waals surface area contributed by atoms with E-state index < -0.39 is 0 Å². The lowest BCUT2D eigenvalue weighted by molar-refractivity contribution is 0.409. The molecule has 0 aliphatic rings. The summed E-state index contributed by atoms with van der Waals surface area (Å²) in [6.07, 6.45) is 0.898. The predicted octanol–water partition coefficient (Wildman–Crippen LogP) is 3.93. The van der Waals surface area contributed by atoms with E-state index in [1.165, 1.54) is 11.1 Å². The molecule has 2 aromatic carbocycles. The van der Waals surface area contributed by atoms with E-state index in [0.717, 1.165) is 42.5 Å². The van der Waals surface area contributed by atoms with Crippen LogP contribution in [0, 0.1) is 6.92 Å². The molecule has 2 aromatic rings. The number of methoxy groups -OCH3 is 2. The zero-order chi connectivity index (χ0) is 18.8. The average molecular weight is 483 g/mol. The van der Waals surface area contributed by atoms with E-state index in [-0.39, 0.29) is 24.0 Å². The number of nitrogens with zero attached hydrogens (tertiary/aromatic N) is 1. The number of nitrogens with one attached hydrogen (secondary N) is 2. The molecule has 0 saturated carbocycles. The van der Waals surface area contributed by atoms with Crippen molar-refractivity contribution in [1.29, 1.82) is 0 Å². The number of ether oxygens (including phenoxy) is 2. The van der Waals surface area contributed by atoms with E-state index in [2.05, 4.69) is 53.7 Å². The predicted molar refractivity (Wildman–Crippen MR) is 123 cm³/mol. The third-order valence-corrected chi connectivity index (χ3v) is 4.03. The third-order valence-electron chi connectivity index (χ3n) is 4.03. The molecular weight excluding hydrogens is 453 g/mol. The van der Waals surface area contributed by atoms with E-state index in [1.54, 1.807) is 14.2 Å². The van der Waals surface area contributed by atoms with Crippen LogP contribution < -0.4 is 20.1 Å². The number of halogens is 1. The lowest BCUT2D eigenvalue weighted by Crippen LogP contribution is -2.38. The molecule has 0 aliphatic carbocycles. The number of rotatable bonds is 8. The van der Waals surface area contributed by atoms with Crippen molar-refractivity contribution in [3.8, 4) is 11.5 Å². The van der Waals surface area contributed by atoms with Gasteiger partial charge in [-0.25, -0.2) is 4.99 Å². The summed E-state index contributed by atoms with van der Waals surface area (Å²) in [5.41, 5.74) is 3.48. The Labute approximate surface area is 179 Å². The summed E-state index contributed by atoms with van der Waals surface area (Å²) >= 11 is 0. The van der Waals surface area contributed by atoms with Crippen LogP contribution >= 0.6 is 24.0 Å². The lowest BCUT2D eigenvalue weighted by Gasteiger charge is -2.13. The minimum absolute atomic E-state index is 0. The smallest absolute Gasteiger partial charge is 0.191 e. The highest BCUT2D eigenvalue weighted by Crippen LogP contribution is 2.20.